The van der Waals surface area contributed by atoms with E-state index in [0.29, 0.717) is 19.7 Å². The minimum absolute atomic E-state index is 0.0722. The van der Waals surface area contributed by atoms with Crippen LogP contribution in [-0.4, -0.2) is 71.5 Å². The first-order valence-corrected chi connectivity index (χ1v) is 8.75. The maximum Gasteiger partial charge on any atom is 0.234 e. The topological polar surface area (TPSA) is 92.4 Å². The second-order valence-electron chi connectivity index (χ2n) is 6.78. The largest absolute Gasteiger partial charge is 0.381 e. The Hall–Kier alpha value is -1.51. The Morgan fingerprint density at radius 2 is 2.17 bits per heavy atom. The number of carbonyl (C=O) groups is 1. The van der Waals surface area contributed by atoms with Gasteiger partial charge in [-0.05, 0) is 12.8 Å². The van der Waals surface area contributed by atoms with E-state index < -0.39 is 0 Å². The maximum absolute atomic E-state index is 12.2. The number of nitrogens with one attached hydrogen (secondary N) is 2. The number of morpholine rings is 1. The van der Waals surface area contributed by atoms with Gasteiger partial charge >= 0.3 is 0 Å². The highest BCUT2D eigenvalue weighted by Crippen LogP contribution is 2.20. The van der Waals surface area contributed by atoms with Crippen molar-refractivity contribution in [2.45, 2.75) is 44.8 Å². The Labute approximate surface area is 142 Å². The molecule has 8 heteroatoms. The first-order chi connectivity index (χ1) is 11.6. The van der Waals surface area contributed by atoms with Crippen molar-refractivity contribution in [3.63, 3.8) is 0 Å². The molecule has 0 radical (unpaired) electrons. The van der Waals surface area contributed by atoms with Gasteiger partial charge in [0.1, 0.15) is 6.10 Å². The van der Waals surface area contributed by atoms with Gasteiger partial charge in [-0.3, -0.25) is 14.8 Å². The molecule has 1 aromatic rings. The first-order valence-electron chi connectivity index (χ1n) is 8.75. The van der Waals surface area contributed by atoms with Crippen LogP contribution in [-0.2, 0) is 14.3 Å². The lowest BCUT2D eigenvalue weighted by Gasteiger charge is -2.32. The summed E-state index contributed by atoms with van der Waals surface area (Å²) in [5, 5.41) is 10.3. The summed E-state index contributed by atoms with van der Waals surface area (Å²) < 4.78 is 11.1. The zero-order chi connectivity index (χ0) is 16.9. The number of H-pyrrole nitrogens is 1. The van der Waals surface area contributed by atoms with Crippen molar-refractivity contribution in [3.8, 4) is 0 Å². The molecule has 2 N–H and O–H groups in total. The van der Waals surface area contributed by atoms with Crippen molar-refractivity contribution in [2.75, 3.05) is 39.5 Å². The van der Waals surface area contributed by atoms with E-state index in [1.165, 1.54) is 0 Å². The smallest absolute Gasteiger partial charge is 0.234 e. The normalized spacial score (nSPS) is 23.5. The third-order valence-corrected chi connectivity index (χ3v) is 4.45. The summed E-state index contributed by atoms with van der Waals surface area (Å²) in [4.78, 5) is 18.9. The molecule has 1 atom stereocenters. The minimum atomic E-state index is -0.158. The van der Waals surface area contributed by atoms with E-state index in [2.05, 4.69) is 39.2 Å². The van der Waals surface area contributed by atoms with E-state index in [1.807, 2.05) is 0 Å². The molecule has 0 spiro atoms. The summed E-state index contributed by atoms with van der Waals surface area (Å²) in [5.41, 5.74) is 0. The van der Waals surface area contributed by atoms with Gasteiger partial charge in [-0.2, -0.15) is 5.10 Å². The van der Waals surface area contributed by atoms with Crippen molar-refractivity contribution >= 4 is 5.91 Å². The third kappa shape index (κ3) is 4.52. The van der Waals surface area contributed by atoms with E-state index in [0.717, 1.165) is 44.2 Å². The summed E-state index contributed by atoms with van der Waals surface area (Å²) in [6, 6.07) is 0.242. The molecule has 8 nitrogen and oxygen atoms in total. The number of aromatic amines is 1. The molecule has 2 aliphatic rings. The second kappa shape index (κ2) is 8.04. The molecule has 3 rings (SSSR count). The van der Waals surface area contributed by atoms with Crippen LogP contribution in [0.1, 0.15) is 50.4 Å². The number of aromatic nitrogens is 3. The van der Waals surface area contributed by atoms with E-state index >= 15 is 0 Å². The van der Waals surface area contributed by atoms with Crippen molar-refractivity contribution in [1.82, 2.24) is 25.4 Å². The summed E-state index contributed by atoms with van der Waals surface area (Å²) in [7, 11) is 0. The van der Waals surface area contributed by atoms with Gasteiger partial charge in [-0.25, -0.2) is 4.98 Å². The van der Waals surface area contributed by atoms with Crippen molar-refractivity contribution in [2.24, 2.45) is 0 Å². The van der Waals surface area contributed by atoms with Gasteiger partial charge < -0.3 is 14.8 Å². The Bertz CT molecular complexity index is 542. The predicted octanol–water partition coefficient (Wildman–Crippen LogP) is 0.597. The zero-order valence-corrected chi connectivity index (χ0v) is 14.5. The van der Waals surface area contributed by atoms with E-state index in [1.54, 1.807) is 0 Å². The van der Waals surface area contributed by atoms with Crippen molar-refractivity contribution in [3.05, 3.63) is 11.6 Å². The lowest BCUT2D eigenvalue weighted by molar-refractivity contribution is -0.125. The average molecular weight is 337 g/mol. The summed E-state index contributed by atoms with van der Waals surface area (Å²) in [6.07, 6.45) is 1.63. The maximum atomic E-state index is 12.2. The molecule has 1 aromatic heterocycles. The van der Waals surface area contributed by atoms with Crippen LogP contribution >= 0.6 is 0 Å². The van der Waals surface area contributed by atoms with E-state index in [4.69, 9.17) is 9.47 Å². The number of rotatable bonds is 5. The molecule has 2 saturated heterocycles. The number of carbonyl (C=O) groups excluding carboxylic acids is 1. The molecule has 134 valence electrons. The van der Waals surface area contributed by atoms with Gasteiger partial charge in [-0.1, -0.05) is 13.8 Å². The molecule has 0 unspecified atom stereocenters. The Balaban J connectivity index is 1.50. The van der Waals surface area contributed by atoms with Crippen LogP contribution in [0.2, 0.25) is 0 Å². The SMILES string of the molecule is CC(C)c1n[nH]c([C@@H]2CN(CC(=O)NC3CCOCC3)CCO2)n1. The van der Waals surface area contributed by atoms with Gasteiger partial charge in [-0.15, -0.1) is 0 Å². The highest BCUT2D eigenvalue weighted by molar-refractivity contribution is 5.78. The molecule has 0 aromatic carbocycles. The average Bonchev–Trinajstić information content (AvgIpc) is 3.06. The van der Waals surface area contributed by atoms with E-state index in [9.17, 15) is 4.79 Å². The fraction of sp³-hybridized carbons (Fsp3) is 0.812. The Morgan fingerprint density at radius 3 is 2.88 bits per heavy atom. The van der Waals surface area contributed by atoms with E-state index in [-0.39, 0.29) is 24.0 Å². The summed E-state index contributed by atoms with van der Waals surface area (Å²) >= 11 is 0. The van der Waals surface area contributed by atoms with Crippen LogP contribution in [0.3, 0.4) is 0 Å². The minimum Gasteiger partial charge on any atom is -0.381 e. The fourth-order valence-electron chi connectivity index (χ4n) is 3.02. The lowest BCUT2D eigenvalue weighted by Crippen LogP contribution is -2.47. The number of amides is 1. The number of hydrogen-bond acceptors (Lipinski definition) is 6. The number of ether oxygens (including phenoxy) is 2. The molecular weight excluding hydrogens is 310 g/mol. The molecule has 1 amide bonds. The number of nitrogens with zero attached hydrogens (tertiary/aromatic N) is 3. The van der Waals surface area contributed by atoms with Gasteiger partial charge in [0.25, 0.3) is 0 Å². The van der Waals surface area contributed by atoms with Crippen LogP contribution in [0.4, 0.5) is 0 Å². The zero-order valence-electron chi connectivity index (χ0n) is 14.5. The molecule has 3 heterocycles. The van der Waals surface area contributed by atoms with Crippen molar-refractivity contribution < 1.29 is 14.3 Å². The van der Waals surface area contributed by atoms with Crippen LogP contribution < -0.4 is 5.32 Å². The second-order valence-corrected chi connectivity index (χ2v) is 6.78. The van der Waals surface area contributed by atoms with Crippen molar-refractivity contribution in [1.29, 1.82) is 0 Å². The standard InChI is InChI=1S/C16H27N5O3/c1-11(2)15-18-16(20-19-15)13-9-21(5-8-24-13)10-14(22)17-12-3-6-23-7-4-12/h11-13H,3-10H2,1-2H3,(H,17,22)(H,18,19,20)/t13-/m0/s1. The molecular formula is C16H27N5O3. The Morgan fingerprint density at radius 1 is 1.38 bits per heavy atom. The fourth-order valence-corrected chi connectivity index (χ4v) is 3.02. The highest BCUT2D eigenvalue weighted by atomic mass is 16.5. The quantitative estimate of drug-likeness (QED) is 0.817. The van der Waals surface area contributed by atoms with Crippen LogP contribution in [0.15, 0.2) is 0 Å². The van der Waals surface area contributed by atoms with Crippen LogP contribution in [0.5, 0.6) is 0 Å². The third-order valence-electron chi connectivity index (χ3n) is 4.45. The van der Waals surface area contributed by atoms with Gasteiger partial charge in [0.15, 0.2) is 11.6 Å². The molecule has 24 heavy (non-hydrogen) atoms. The molecule has 0 aliphatic carbocycles. The predicted molar refractivity (Wildman–Crippen MR) is 87.6 cm³/mol. The highest BCUT2D eigenvalue weighted by Gasteiger charge is 2.27. The van der Waals surface area contributed by atoms with Gasteiger partial charge in [0.2, 0.25) is 5.91 Å². The molecule has 0 bridgehead atoms. The summed E-state index contributed by atoms with van der Waals surface area (Å²) in [5.74, 6) is 1.89. The number of hydrogen-bond donors (Lipinski definition) is 2. The molecule has 2 fully saturated rings. The Kier molecular flexibility index (Phi) is 5.80. The summed E-state index contributed by atoms with van der Waals surface area (Å²) in [6.45, 7) is 7.96. The molecule has 0 saturated carbocycles. The van der Waals surface area contributed by atoms with Gasteiger partial charge in [0.05, 0.1) is 13.2 Å². The lowest BCUT2D eigenvalue weighted by atomic mass is 10.1. The van der Waals surface area contributed by atoms with Crippen LogP contribution in [0, 0.1) is 0 Å². The van der Waals surface area contributed by atoms with Gasteiger partial charge in [0, 0.05) is 38.3 Å². The molecule has 2 aliphatic heterocycles. The first kappa shape index (κ1) is 17.3. The van der Waals surface area contributed by atoms with Crippen LogP contribution in [0.25, 0.3) is 0 Å². The monoisotopic (exact) mass is 337 g/mol.